The first-order valence-corrected chi connectivity index (χ1v) is 9.25. The number of nitrogens with zero attached hydrogens (tertiary/aromatic N) is 3. The van der Waals surface area contributed by atoms with Crippen molar-refractivity contribution >= 4 is 28.9 Å². The van der Waals surface area contributed by atoms with Gasteiger partial charge in [0.15, 0.2) is 5.82 Å². The van der Waals surface area contributed by atoms with Crippen LogP contribution in [0.25, 0.3) is 0 Å². The second kappa shape index (κ2) is 7.70. The number of piperidine rings is 1. The Labute approximate surface area is 164 Å². The molecule has 5 N–H and O–H groups in total. The zero-order valence-electron chi connectivity index (χ0n) is 15.6. The Morgan fingerprint density at radius 3 is 2.67 bits per heavy atom. The molecule has 1 aromatic heterocycles. The van der Waals surface area contributed by atoms with Crippen LogP contribution in [0.15, 0.2) is 24.4 Å². The van der Waals surface area contributed by atoms with Crippen LogP contribution in [0.5, 0.6) is 5.75 Å². The summed E-state index contributed by atoms with van der Waals surface area (Å²) in [5.74, 6) is 1.47. The number of benzene rings is 1. The molecule has 3 rings (SSSR count). The molecule has 7 nitrogen and oxygen atoms in total. The van der Waals surface area contributed by atoms with Gasteiger partial charge in [-0.3, -0.25) is 5.41 Å². The molecule has 0 radical (unpaired) electrons. The first-order chi connectivity index (χ1) is 12.9. The standard InChI is InChI=1S/C19H25ClN6O/c1-19(11-21)5-7-26(8-6-19)15-10-24-17(18(23)25-15)16(22)12-3-4-13(20)14(9-12)27-2/h3-4,9-10,22H,5-8,11,21H2,1-2H3,(H2,23,25). The average molecular weight is 389 g/mol. The van der Waals surface area contributed by atoms with E-state index in [1.165, 1.54) is 7.11 Å². The van der Waals surface area contributed by atoms with Gasteiger partial charge in [-0.1, -0.05) is 24.6 Å². The molecule has 0 unspecified atom stereocenters. The minimum absolute atomic E-state index is 0.177. The predicted molar refractivity (Wildman–Crippen MR) is 109 cm³/mol. The molecule has 0 amide bonds. The maximum absolute atomic E-state index is 8.44. The van der Waals surface area contributed by atoms with Crippen molar-refractivity contribution in [3.05, 3.63) is 40.7 Å². The van der Waals surface area contributed by atoms with Crippen LogP contribution in [-0.4, -0.2) is 42.4 Å². The zero-order chi connectivity index (χ0) is 19.6. The lowest BCUT2D eigenvalue weighted by Gasteiger charge is -2.39. The highest BCUT2D eigenvalue weighted by Crippen LogP contribution is 2.32. The van der Waals surface area contributed by atoms with Crippen molar-refractivity contribution < 1.29 is 4.74 Å². The predicted octanol–water partition coefficient (Wildman–Crippen LogP) is 2.70. The summed E-state index contributed by atoms with van der Waals surface area (Å²) in [5.41, 5.74) is 13.3. The van der Waals surface area contributed by atoms with Gasteiger partial charge in [-0.05, 0) is 36.9 Å². The number of hydrogen-bond acceptors (Lipinski definition) is 7. The largest absolute Gasteiger partial charge is 0.495 e. The maximum atomic E-state index is 8.44. The molecule has 0 bridgehead atoms. The van der Waals surface area contributed by atoms with Crippen molar-refractivity contribution in [2.75, 3.05) is 37.4 Å². The van der Waals surface area contributed by atoms with Crippen molar-refractivity contribution in [3.8, 4) is 5.75 Å². The van der Waals surface area contributed by atoms with Crippen LogP contribution in [0.3, 0.4) is 0 Å². The minimum atomic E-state index is 0.177. The molecule has 1 saturated heterocycles. The summed E-state index contributed by atoms with van der Waals surface area (Å²) in [7, 11) is 1.53. The number of halogens is 1. The number of nitrogen functional groups attached to an aromatic ring is 1. The summed E-state index contributed by atoms with van der Waals surface area (Å²) >= 11 is 6.05. The topological polar surface area (TPSA) is 114 Å². The molecule has 1 aliphatic heterocycles. The van der Waals surface area contributed by atoms with Crippen molar-refractivity contribution in [2.45, 2.75) is 19.8 Å². The Bertz CT molecular complexity index is 848. The van der Waals surface area contributed by atoms with E-state index in [0.717, 1.165) is 31.7 Å². The summed E-state index contributed by atoms with van der Waals surface area (Å²) in [4.78, 5) is 11.1. The summed E-state index contributed by atoms with van der Waals surface area (Å²) in [6.45, 7) is 4.64. The van der Waals surface area contributed by atoms with Crippen LogP contribution in [0.4, 0.5) is 11.6 Å². The quantitative estimate of drug-likeness (QED) is 0.678. The normalized spacial score (nSPS) is 16.2. The molecule has 0 saturated carbocycles. The number of ether oxygens (including phenoxy) is 1. The number of hydrogen-bond donors (Lipinski definition) is 3. The van der Waals surface area contributed by atoms with E-state index >= 15 is 0 Å². The summed E-state index contributed by atoms with van der Waals surface area (Å²) in [6.07, 6.45) is 3.69. The van der Waals surface area contributed by atoms with Gasteiger partial charge >= 0.3 is 0 Å². The summed E-state index contributed by atoms with van der Waals surface area (Å²) < 4.78 is 5.21. The highest BCUT2D eigenvalue weighted by molar-refractivity contribution is 6.32. The molecular formula is C19H25ClN6O. The monoisotopic (exact) mass is 388 g/mol. The molecule has 0 atom stereocenters. The minimum Gasteiger partial charge on any atom is -0.495 e. The van der Waals surface area contributed by atoms with E-state index in [0.29, 0.717) is 28.6 Å². The third-order valence-electron chi connectivity index (χ3n) is 5.25. The Hall–Kier alpha value is -2.38. The van der Waals surface area contributed by atoms with Gasteiger partial charge in [0.2, 0.25) is 0 Å². The molecule has 1 aliphatic rings. The van der Waals surface area contributed by atoms with E-state index in [1.54, 1.807) is 24.4 Å². The van der Waals surface area contributed by atoms with Gasteiger partial charge < -0.3 is 21.1 Å². The lowest BCUT2D eigenvalue weighted by atomic mass is 9.80. The Morgan fingerprint density at radius 1 is 1.37 bits per heavy atom. The number of aromatic nitrogens is 2. The van der Waals surface area contributed by atoms with Gasteiger partial charge in [0.25, 0.3) is 0 Å². The van der Waals surface area contributed by atoms with Crippen LogP contribution < -0.4 is 21.1 Å². The van der Waals surface area contributed by atoms with E-state index < -0.39 is 0 Å². The molecule has 2 aromatic rings. The molecule has 27 heavy (non-hydrogen) atoms. The van der Waals surface area contributed by atoms with Crippen LogP contribution in [0.1, 0.15) is 31.0 Å². The average Bonchev–Trinajstić information content (AvgIpc) is 2.68. The summed E-state index contributed by atoms with van der Waals surface area (Å²) in [6, 6.07) is 5.11. The molecule has 0 spiro atoms. The molecule has 2 heterocycles. The lowest BCUT2D eigenvalue weighted by molar-refractivity contribution is 0.258. The van der Waals surface area contributed by atoms with Crippen LogP contribution >= 0.6 is 11.6 Å². The van der Waals surface area contributed by atoms with Crippen LogP contribution in [0.2, 0.25) is 5.02 Å². The first kappa shape index (κ1) is 19.4. The van der Waals surface area contributed by atoms with E-state index in [4.69, 9.17) is 33.2 Å². The van der Waals surface area contributed by atoms with Crippen molar-refractivity contribution in [1.82, 2.24) is 9.97 Å². The Morgan fingerprint density at radius 2 is 2.07 bits per heavy atom. The van der Waals surface area contributed by atoms with Gasteiger partial charge in [0.05, 0.1) is 24.0 Å². The molecule has 1 aromatic carbocycles. The van der Waals surface area contributed by atoms with E-state index in [9.17, 15) is 0 Å². The number of rotatable bonds is 5. The van der Waals surface area contributed by atoms with E-state index in [1.807, 2.05) is 0 Å². The zero-order valence-corrected chi connectivity index (χ0v) is 16.4. The van der Waals surface area contributed by atoms with Crippen molar-refractivity contribution in [3.63, 3.8) is 0 Å². The van der Waals surface area contributed by atoms with Crippen LogP contribution in [-0.2, 0) is 0 Å². The van der Waals surface area contributed by atoms with Crippen LogP contribution in [0, 0.1) is 10.8 Å². The molecule has 0 aliphatic carbocycles. The third kappa shape index (κ3) is 3.99. The molecule has 1 fully saturated rings. The highest BCUT2D eigenvalue weighted by atomic mass is 35.5. The second-order valence-corrected chi connectivity index (χ2v) is 7.60. The third-order valence-corrected chi connectivity index (χ3v) is 5.56. The van der Waals surface area contributed by atoms with Gasteiger partial charge in [-0.25, -0.2) is 9.97 Å². The smallest absolute Gasteiger partial charge is 0.154 e. The summed E-state index contributed by atoms with van der Waals surface area (Å²) in [5, 5.41) is 8.92. The lowest BCUT2D eigenvalue weighted by Crippen LogP contribution is -2.42. The number of methoxy groups -OCH3 is 1. The van der Waals surface area contributed by atoms with Gasteiger partial charge in [-0.15, -0.1) is 0 Å². The number of anilines is 2. The van der Waals surface area contributed by atoms with Gasteiger partial charge in [0.1, 0.15) is 17.3 Å². The van der Waals surface area contributed by atoms with Gasteiger partial charge in [0, 0.05) is 18.7 Å². The highest BCUT2D eigenvalue weighted by Gasteiger charge is 2.29. The molecular weight excluding hydrogens is 364 g/mol. The Balaban J connectivity index is 1.80. The van der Waals surface area contributed by atoms with Crippen molar-refractivity contribution in [2.24, 2.45) is 11.1 Å². The number of nitrogens with one attached hydrogen (secondary N) is 1. The van der Waals surface area contributed by atoms with E-state index in [2.05, 4.69) is 21.8 Å². The molecule has 144 valence electrons. The fourth-order valence-corrected chi connectivity index (χ4v) is 3.37. The first-order valence-electron chi connectivity index (χ1n) is 8.87. The second-order valence-electron chi connectivity index (χ2n) is 7.19. The van der Waals surface area contributed by atoms with Crippen molar-refractivity contribution in [1.29, 1.82) is 5.41 Å². The van der Waals surface area contributed by atoms with Gasteiger partial charge in [-0.2, -0.15) is 0 Å². The Kier molecular flexibility index (Phi) is 5.53. The SMILES string of the molecule is COc1cc(C(=N)c2ncc(N3CCC(C)(CN)CC3)nc2N)ccc1Cl. The number of nitrogens with two attached hydrogens (primary N) is 2. The van der Waals surface area contributed by atoms with E-state index in [-0.39, 0.29) is 16.9 Å². The fourth-order valence-electron chi connectivity index (χ4n) is 3.17. The maximum Gasteiger partial charge on any atom is 0.154 e. The fraction of sp³-hybridized carbons (Fsp3) is 0.421. The molecule has 8 heteroatoms.